The van der Waals surface area contributed by atoms with E-state index in [4.69, 9.17) is 4.98 Å². The highest BCUT2D eigenvalue weighted by atomic mass is 16.2. The van der Waals surface area contributed by atoms with E-state index in [0.29, 0.717) is 23.7 Å². The molecule has 1 saturated heterocycles. The number of rotatable bonds is 6. The number of pyridine rings is 1. The molecular weight excluding hydrogens is 346 g/mol. The highest BCUT2D eigenvalue weighted by Crippen LogP contribution is 2.36. The minimum Gasteiger partial charge on any atom is -0.357 e. The van der Waals surface area contributed by atoms with Crippen LogP contribution in [0, 0.1) is 0 Å². The zero-order valence-corrected chi connectivity index (χ0v) is 16.1. The van der Waals surface area contributed by atoms with Crippen LogP contribution < -0.4 is 15.5 Å². The van der Waals surface area contributed by atoms with E-state index in [0.717, 1.165) is 31.7 Å². The van der Waals surface area contributed by atoms with Gasteiger partial charge in [-0.05, 0) is 32.4 Å². The van der Waals surface area contributed by atoms with Gasteiger partial charge >= 0.3 is 0 Å². The maximum Gasteiger partial charge on any atom is 0.257 e. The Balaban J connectivity index is 1.91. The van der Waals surface area contributed by atoms with Crippen molar-refractivity contribution in [2.45, 2.75) is 44.8 Å². The monoisotopic (exact) mass is 373 g/mol. The molecule has 0 aromatic carbocycles. The second kappa shape index (κ2) is 8.04. The number of likely N-dealkylation sites (N-methyl/N-ethyl adjacent to an activating group) is 1. The number of nitrogens with zero attached hydrogens (tertiary/aromatic N) is 3. The molecule has 2 N–H and O–H groups in total. The van der Waals surface area contributed by atoms with Gasteiger partial charge in [0.25, 0.3) is 5.91 Å². The van der Waals surface area contributed by atoms with Crippen molar-refractivity contribution >= 4 is 23.9 Å². The summed E-state index contributed by atoms with van der Waals surface area (Å²) in [6.45, 7) is 6.68. The second-order valence-electron chi connectivity index (χ2n) is 7.11. The number of carbonyl (C=O) groups excluding carboxylic acids is 3. The van der Waals surface area contributed by atoms with E-state index in [1.807, 2.05) is 19.1 Å². The summed E-state index contributed by atoms with van der Waals surface area (Å²) in [5.41, 5.74) is 1.23. The van der Waals surface area contributed by atoms with E-state index in [2.05, 4.69) is 22.5 Å². The SMILES string of the molecule is CNC(=O)C(CCC=O)N1C(=O)c2ccc(N3CCNCC3C)nc2C1C. The van der Waals surface area contributed by atoms with Gasteiger partial charge in [-0.3, -0.25) is 9.59 Å². The number of carbonyl (C=O) groups is 3. The number of anilines is 1. The van der Waals surface area contributed by atoms with Crippen molar-refractivity contribution in [1.82, 2.24) is 20.5 Å². The zero-order valence-electron chi connectivity index (χ0n) is 16.1. The van der Waals surface area contributed by atoms with Gasteiger partial charge in [-0.1, -0.05) is 0 Å². The molecule has 2 amide bonds. The lowest BCUT2D eigenvalue weighted by Crippen LogP contribution is -2.50. The van der Waals surface area contributed by atoms with Gasteiger partial charge in [-0.25, -0.2) is 4.98 Å². The first-order valence-corrected chi connectivity index (χ1v) is 9.45. The van der Waals surface area contributed by atoms with E-state index in [1.165, 1.54) is 7.05 Å². The molecule has 0 aliphatic carbocycles. The van der Waals surface area contributed by atoms with Gasteiger partial charge in [-0.2, -0.15) is 0 Å². The number of nitrogens with one attached hydrogen (secondary N) is 2. The summed E-state index contributed by atoms with van der Waals surface area (Å²) in [5, 5.41) is 5.96. The molecule has 8 heteroatoms. The maximum absolute atomic E-state index is 13.0. The molecule has 2 aliphatic rings. The standard InChI is InChI=1S/C19H27N5O3/c1-12-11-21-8-9-23(12)16-7-6-14-17(22-16)13(2)24(19(14)27)15(5-4-10-25)18(26)20-3/h6-7,10,12-13,15,21H,4-5,8-9,11H2,1-3H3,(H,20,26). The Kier molecular flexibility index (Phi) is 5.74. The van der Waals surface area contributed by atoms with Crippen LogP contribution in [0.5, 0.6) is 0 Å². The topological polar surface area (TPSA) is 94.6 Å². The van der Waals surface area contributed by atoms with Crippen LogP contribution in [0.25, 0.3) is 0 Å². The van der Waals surface area contributed by atoms with E-state index >= 15 is 0 Å². The number of amides is 2. The van der Waals surface area contributed by atoms with Crippen LogP contribution in [0.3, 0.4) is 0 Å². The summed E-state index contributed by atoms with van der Waals surface area (Å²) in [6.07, 6.45) is 1.30. The number of aromatic nitrogens is 1. The summed E-state index contributed by atoms with van der Waals surface area (Å²) in [6, 6.07) is 3.01. The Morgan fingerprint density at radius 1 is 1.44 bits per heavy atom. The Morgan fingerprint density at radius 2 is 2.22 bits per heavy atom. The van der Waals surface area contributed by atoms with Gasteiger partial charge in [0.15, 0.2) is 0 Å². The molecule has 8 nitrogen and oxygen atoms in total. The molecule has 3 atom stereocenters. The van der Waals surface area contributed by atoms with E-state index < -0.39 is 6.04 Å². The minimum atomic E-state index is -0.682. The highest BCUT2D eigenvalue weighted by molar-refractivity contribution is 6.01. The molecule has 27 heavy (non-hydrogen) atoms. The molecule has 146 valence electrons. The molecule has 0 radical (unpaired) electrons. The minimum absolute atomic E-state index is 0.204. The van der Waals surface area contributed by atoms with E-state index in [-0.39, 0.29) is 24.3 Å². The Hall–Kier alpha value is -2.48. The molecule has 0 spiro atoms. The van der Waals surface area contributed by atoms with Crippen molar-refractivity contribution < 1.29 is 14.4 Å². The summed E-state index contributed by atoms with van der Waals surface area (Å²) in [4.78, 5) is 44.7. The van der Waals surface area contributed by atoms with Crippen molar-refractivity contribution in [3.8, 4) is 0 Å². The van der Waals surface area contributed by atoms with Crippen LogP contribution in [0.2, 0.25) is 0 Å². The van der Waals surface area contributed by atoms with Crippen molar-refractivity contribution in [3.63, 3.8) is 0 Å². The quantitative estimate of drug-likeness (QED) is 0.705. The second-order valence-corrected chi connectivity index (χ2v) is 7.11. The van der Waals surface area contributed by atoms with Crippen LogP contribution in [0.15, 0.2) is 12.1 Å². The number of fused-ring (bicyclic) bond motifs is 1. The fourth-order valence-electron chi connectivity index (χ4n) is 3.95. The summed E-state index contributed by atoms with van der Waals surface area (Å²) >= 11 is 0. The van der Waals surface area contributed by atoms with Crippen molar-refractivity contribution in [3.05, 3.63) is 23.4 Å². The molecule has 1 aromatic rings. The molecule has 1 aromatic heterocycles. The van der Waals surface area contributed by atoms with Crippen LogP contribution in [-0.2, 0) is 9.59 Å². The molecule has 3 heterocycles. The van der Waals surface area contributed by atoms with E-state index in [1.54, 1.807) is 4.90 Å². The summed E-state index contributed by atoms with van der Waals surface area (Å²) in [5.74, 6) is 0.388. The Bertz CT molecular complexity index is 738. The van der Waals surface area contributed by atoms with Gasteiger partial charge in [0.1, 0.15) is 18.1 Å². The lowest BCUT2D eigenvalue weighted by Gasteiger charge is -2.35. The molecule has 3 unspecified atom stereocenters. The van der Waals surface area contributed by atoms with Crippen molar-refractivity contribution in [1.29, 1.82) is 0 Å². The average Bonchev–Trinajstić information content (AvgIpc) is 2.93. The summed E-state index contributed by atoms with van der Waals surface area (Å²) in [7, 11) is 1.54. The lowest BCUT2D eigenvalue weighted by molar-refractivity contribution is -0.126. The van der Waals surface area contributed by atoms with Crippen molar-refractivity contribution in [2.75, 3.05) is 31.6 Å². The van der Waals surface area contributed by atoms with E-state index in [9.17, 15) is 14.4 Å². The van der Waals surface area contributed by atoms with Crippen LogP contribution in [-0.4, -0.2) is 66.8 Å². The highest BCUT2D eigenvalue weighted by Gasteiger charge is 2.42. The first-order valence-electron chi connectivity index (χ1n) is 9.45. The lowest BCUT2D eigenvalue weighted by atomic mass is 10.1. The Morgan fingerprint density at radius 3 is 2.89 bits per heavy atom. The van der Waals surface area contributed by atoms with Crippen molar-refractivity contribution in [2.24, 2.45) is 0 Å². The third-order valence-electron chi connectivity index (χ3n) is 5.43. The first-order chi connectivity index (χ1) is 13.0. The van der Waals surface area contributed by atoms with Crippen LogP contribution in [0.4, 0.5) is 5.82 Å². The van der Waals surface area contributed by atoms with Crippen LogP contribution in [0.1, 0.15) is 48.8 Å². The Labute approximate surface area is 159 Å². The average molecular weight is 373 g/mol. The molecule has 0 bridgehead atoms. The predicted octanol–water partition coefficient (Wildman–Crippen LogP) is 0.490. The van der Waals surface area contributed by atoms with Crippen LogP contribution >= 0.6 is 0 Å². The molecule has 0 saturated carbocycles. The zero-order chi connectivity index (χ0) is 19.6. The summed E-state index contributed by atoms with van der Waals surface area (Å²) < 4.78 is 0. The number of piperazine rings is 1. The largest absolute Gasteiger partial charge is 0.357 e. The predicted molar refractivity (Wildman–Crippen MR) is 102 cm³/mol. The fourth-order valence-corrected chi connectivity index (χ4v) is 3.95. The third-order valence-corrected chi connectivity index (χ3v) is 5.43. The fraction of sp³-hybridized carbons (Fsp3) is 0.579. The first kappa shape index (κ1) is 19.3. The number of hydrogen-bond acceptors (Lipinski definition) is 6. The molecule has 2 aliphatic heterocycles. The molecule has 3 rings (SSSR count). The maximum atomic E-state index is 13.0. The van der Waals surface area contributed by atoms with Gasteiger partial charge in [0.2, 0.25) is 5.91 Å². The van der Waals surface area contributed by atoms with Gasteiger partial charge < -0.3 is 25.2 Å². The smallest absolute Gasteiger partial charge is 0.257 e. The molecular formula is C19H27N5O3. The van der Waals surface area contributed by atoms with Gasteiger partial charge in [0.05, 0.1) is 17.3 Å². The third kappa shape index (κ3) is 3.53. The van der Waals surface area contributed by atoms with Gasteiger partial charge in [0, 0.05) is 39.1 Å². The molecule has 1 fully saturated rings. The number of hydrogen-bond donors (Lipinski definition) is 2. The van der Waals surface area contributed by atoms with Gasteiger partial charge in [-0.15, -0.1) is 0 Å². The normalized spacial score (nSPS) is 23.1. The number of aldehydes is 1.